The molecule has 1 unspecified atom stereocenters. The average molecular weight is 731 g/mol. The quantitative estimate of drug-likeness (QED) is 0.0259. The lowest BCUT2D eigenvalue weighted by Crippen LogP contribution is -3.00. The summed E-state index contributed by atoms with van der Waals surface area (Å²) in [6.07, 6.45) is 8.72. The van der Waals surface area contributed by atoms with Crippen LogP contribution in [0, 0.1) is 11.5 Å². The summed E-state index contributed by atoms with van der Waals surface area (Å²) in [7, 11) is 0. The second-order valence-electron chi connectivity index (χ2n) is 10.2. The number of aromatic nitrogens is 1. The van der Waals surface area contributed by atoms with Crippen LogP contribution in [-0.4, -0.2) is 55.8 Å². The summed E-state index contributed by atoms with van der Waals surface area (Å²) in [5.41, 5.74) is 6.28. The molecule has 2 aromatic rings. The Kier molecular flexibility index (Phi) is 18.2. The summed E-state index contributed by atoms with van der Waals surface area (Å²) in [6, 6.07) is 10.8. The highest BCUT2D eigenvalue weighted by atomic mass is 127. The van der Waals surface area contributed by atoms with Crippen LogP contribution in [0.1, 0.15) is 59.3 Å². The van der Waals surface area contributed by atoms with Gasteiger partial charge in [0.2, 0.25) is 18.6 Å². The number of pyridine rings is 1. The zero-order chi connectivity index (χ0) is 30.8. The molecule has 2 N–H and O–H groups in total. The van der Waals surface area contributed by atoms with E-state index in [4.69, 9.17) is 41.6 Å². The van der Waals surface area contributed by atoms with Crippen molar-refractivity contribution in [2.24, 2.45) is 10.7 Å². The lowest BCUT2D eigenvalue weighted by molar-refractivity contribution is -0.798. The van der Waals surface area contributed by atoms with Gasteiger partial charge in [-0.25, -0.2) is 5.06 Å². The molecule has 0 saturated carbocycles. The predicted octanol–water partition coefficient (Wildman–Crippen LogP) is 1.10. The number of nitrogens with zero attached hydrogens (tertiary/aromatic N) is 5. The van der Waals surface area contributed by atoms with Gasteiger partial charge >= 0.3 is 6.41 Å². The highest BCUT2D eigenvalue weighted by Gasteiger charge is 2.22. The molecule has 0 aliphatic heterocycles. The van der Waals surface area contributed by atoms with E-state index in [0.717, 1.165) is 31.4 Å². The Morgan fingerprint density at radius 1 is 1.05 bits per heavy atom. The average Bonchev–Trinajstić information content (AvgIpc) is 2.96. The van der Waals surface area contributed by atoms with Crippen LogP contribution in [0.15, 0.2) is 53.8 Å². The van der Waals surface area contributed by atoms with Crippen molar-refractivity contribution in [3.05, 3.63) is 53.8 Å². The lowest BCUT2D eigenvalue weighted by Gasteiger charge is -2.26. The molecule has 0 spiro atoms. The van der Waals surface area contributed by atoms with Gasteiger partial charge in [-0.05, 0) is 64.3 Å². The molecule has 0 bridgehead atoms. The number of unbranched alkanes of at least 4 members (excludes halogenated alkanes) is 3. The normalized spacial score (nSPS) is 11.9. The second-order valence-corrected chi connectivity index (χ2v) is 10.6. The molecule has 1 aromatic heterocycles. The number of hydroxylamine groups is 2. The number of hydrogen-bond acceptors (Lipinski definition) is 8. The number of benzene rings is 1. The molecule has 12 nitrogen and oxygen atoms in total. The first-order valence-electron chi connectivity index (χ1n) is 13.7. The van der Waals surface area contributed by atoms with E-state index in [2.05, 4.69) is 4.99 Å². The van der Waals surface area contributed by atoms with Crippen molar-refractivity contribution in [3.63, 3.8) is 0 Å². The maximum atomic E-state index is 11.2. The van der Waals surface area contributed by atoms with Gasteiger partial charge in [-0.2, -0.15) is 5.26 Å². The monoisotopic (exact) mass is 730 g/mol. The van der Waals surface area contributed by atoms with Gasteiger partial charge in [0.15, 0.2) is 12.4 Å². The zero-order valence-corrected chi connectivity index (χ0v) is 27.6. The van der Waals surface area contributed by atoms with Gasteiger partial charge in [0.1, 0.15) is 5.75 Å². The SMILES string of the molecule is CC(C)(C)ON(C=O)CCCOC(OC=O)[n+]1ccc(N(CCCCCCOc2ccc(Cl)cc2)C(N)=NC#N)cc1.[I-]. The van der Waals surface area contributed by atoms with Gasteiger partial charge in [0.25, 0.3) is 6.47 Å². The van der Waals surface area contributed by atoms with Gasteiger partial charge in [-0.1, -0.05) is 24.4 Å². The zero-order valence-electron chi connectivity index (χ0n) is 24.7. The van der Waals surface area contributed by atoms with E-state index < -0.39 is 12.0 Å². The number of amides is 1. The minimum Gasteiger partial charge on any atom is -1.00 e. The van der Waals surface area contributed by atoms with E-state index in [0.29, 0.717) is 49.7 Å². The topological polar surface area (TPSA) is 144 Å². The number of ether oxygens (including phenoxy) is 3. The van der Waals surface area contributed by atoms with Gasteiger partial charge in [0.05, 0.1) is 31.0 Å². The Balaban J connectivity index is 0.00000924. The Labute approximate surface area is 275 Å². The standard InChI is InChI=1S/C29H40ClN6O6.HI/c1-29(2,3)42-35(22-37)15-8-20-40-28(41-23-38)34-17-13-25(14-18-34)36(27(32)33-21-31)16-6-4-5-7-19-39-26-11-9-24(30)10-12-26;/h9-14,17-18,22-23,28H,4-8,15-16,19-20H2,1-3H3,(H2,32,33);1H/q+1;/p-1. The van der Waals surface area contributed by atoms with Gasteiger partial charge in [-0.15, -0.1) is 9.56 Å². The van der Waals surface area contributed by atoms with Crippen LogP contribution in [0.25, 0.3) is 0 Å². The van der Waals surface area contributed by atoms with Crippen molar-refractivity contribution >= 4 is 36.1 Å². The number of carbonyl (C=O) groups is 2. The second kappa shape index (κ2) is 20.7. The van der Waals surface area contributed by atoms with Crippen LogP contribution >= 0.6 is 11.6 Å². The lowest BCUT2D eigenvalue weighted by atomic mass is 10.2. The van der Waals surface area contributed by atoms with Crippen molar-refractivity contribution in [3.8, 4) is 11.9 Å². The number of carbonyl (C=O) groups excluding carboxylic acids is 2. The van der Waals surface area contributed by atoms with E-state index in [1.54, 1.807) is 52.3 Å². The first-order chi connectivity index (χ1) is 20.2. The fraction of sp³-hybridized carbons (Fsp3) is 0.483. The summed E-state index contributed by atoms with van der Waals surface area (Å²) in [5, 5.41) is 10.9. The van der Waals surface area contributed by atoms with Crippen molar-refractivity contribution < 1.29 is 57.2 Å². The first-order valence-corrected chi connectivity index (χ1v) is 14.1. The number of anilines is 1. The third-order valence-electron chi connectivity index (χ3n) is 5.65. The fourth-order valence-corrected chi connectivity index (χ4v) is 3.93. The molecule has 14 heteroatoms. The van der Waals surface area contributed by atoms with Crippen molar-refractivity contribution in [2.75, 3.05) is 31.2 Å². The summed E-state index contributed by atoms with van der Waals surface area (Å²) < 4.78 is 18.1. The Morgan fingerprint density at radius 3 is 2.33 bits per heavy atom. The number of rotatable bonds is 19. The Bertz CT molecular complexity index is 1160. The van der Waals surface area contributed by atoms with Crippen LogP contribution in [0.5, 0.6) is 5.75 Å². The minimum atomic E-state index is -1.02. The molecule has 0 aliphatic rings. The van der Waals surface area contributed by atoms with E-state index in [1.165, 1.54) is 5.06 Å². The maximum Gasteiger partial charge on any atom is 0.425 e. The van der Waals surface area contributed by atoms with Crippen LogP contribution in [0.2, 0.25) is 5.02 Å². The number of nitrogens with two attached hydrogens (primary N) is 1. The van der Waals surface area contributed by atoms with E-state index >= 15 is 0 Å². The molecule has 0 fully saturated rings. The van der Waals surface area contributed by atoms with Crippen LogP contribution in [0.4, 0.5) is 5.69 Å². The summed E-state index contributed by atoms with van der Waals surface area (Å²) in [4.78, 5) is 33.3. The summed E-state index contributed by atoms with van der Waals surface area (Å²) in [6.45, 7) is 7.49. The van der Waals surface area contributed by atoms with Crippen LogP contribution in [-0.2, 0) is 23.9 Å². The highest BCUT2D eigenvalue weighted by molar-refractivity contribution is 6.30. The first kappa shape index (κ1) is 37.8. The van der Waals surface area contributed by atoms with Crippen molar-refractivity contribution in [2.45, 2.75) is 64.9 Å². The molecule has 43 heavy (non-hydrogen) atoms. The molecule has 1 aromatic carbocycles. The van der Waals surface area contributed by atoms with Crippen molar-refractivity contribution in [1.82, 2.24) is 5.06 Å². The maximum absolute atomic E-state index is 11.2. The molecule has 1 atom stereocenters. The number of guanidine groups is 1. The smallest absolute Gasteiger partial charge is 0.425 e. The summed E-state index contributed by atoms with van der Waals surface area (Å²) >= 11 is 5.89. The number of hydrogen-bond donors (Lipinski definition) is 1. The predicted molar refractivity (Wildman–Crippen MR) is 157 cm³/mol. The number of aliphatic imine (C=N–C) groups is 1. The summed E-state index contributed by atoms with van der Waals surface area (Å²) in [5.74, 6) is 0.865. The molecule has 1 amide bonds. The molecule has 2 rings (SSSR count). The molecule has 236 valence electrons. The van der Waals surface area contributed by atoms with E-state index in [1.807, 2.05) is 32.9 Å². The highest BCUT2D eigenvalue weighted by Crippen LogP contribution is 2.17. The van der Waals surface area contributed by atoms with Gasteiger partial charge < -0.3 is 44.1 Å². The Hall–Kier alpha value is -3.19. The molecule has 0 radical (unpaired) electrons. The molecular formula is C29H40ClIN6O6. The van der Waals surface area contributed by atoms with E-state index in [9.17, 15) is 9.59 Å². The van der Waals surface area contributed by atoms with Gasteiger partial charge in [-0.3, -0.25) is 19.2 Å². The minimum absolute atomic E-state index is 0. The molecule has 1 heterocycles. The fourth-order valence-electron chi connectivity index (χ4n) is 3.80. The van der Waals surface area contributed by atoms with Gasteiger partial charge in [0, 0.05) is 23.7 Å². The van der Waals surface area contributed by atoms with Crippen molar-refractivity contribution in [1.29, 1.82) is 5.26 Å². The molecule has 0 aliphatic carbocycles. The molecule has 0 saturated heterocycles. The number of nitriles is 1. The third-order valence-corrected chi connectivity index (χ3v) is 5.91. The third kappa shape index (κ3) is 15.2. The van der Waals surface area contributed by atoms with Crippen LogP contribution < -0.4 is 43.9 Å². The molecular weight excluding hydrogens is 691 g/mol. The Morgan fingerprint density at radius 2 is 1.72 bits per heavy atom. The number of halogens is 2. The van der Waals surface area contributed by atoms with E-state index in [-0.39, 0.29) is 36.5 Å². The largest absolute Gasteiger partial charge is 1.00 e. The van der Waals surface area contributed by atoms with Crippen LogP contribution in [0.3, 0.4) is 0 Å².